The number of amides is 1. The maximum Gasteiger partial charge on any atom is 0.226 e. The summed E-state index contributed by atoms with van der Waals surface area (Å²) in [6.45, 7) is 5.09. The van der Waals surface area contributed by atoms with Crippen LogP contribution in [0.4, 0.5) is 0 Å². The van der Waals surface area contributed by atoms with Crippen molar-refractivity contribution in [2.75, 3.05) is 19.6 Å². The van der Waals surface area contributed by atoms with E-state index in [-0.39, 0.29) is 0 Å². The van der Waals surface area contributed by atoms with Crippen LogP contribution in [0.1, 0.15) is 64.7 Å². The zero-order valence-corrected chi connectivity index (χ0v) is 13.0. The highest BCUT2D eigenvalue weighted by atomic mass is 16.2. The lowest BCUT2D eigenvalue weighted by Crippen LogP contribution is -2.46. The first-order valence-corrected chi connectivity index (χ1v) is 8.48. The molecule has 1 aliphatic carbocycles. The van der Waals surface area contributed by atoms with E-state index in [1.54, 1.807) is 0 Å². The Balaban J connectivity index is 1.85. The average Bonchev–Trinajstić information content (AvgIpc) is 2.49. The van der Waals surface area contributed by atoms with Crippen LogP contribution in [0.25, 0.3) is 0 Å². The van der Waals surface area contributed by atoms with E-state index in [4.69, 9.17) is 0 Å². The van der Waals surface area contributed by atoms with E-state index >= 15 is 0 Å². The summed E-state index contributed by atoms with van der Waals surface area (Å²) < 4.78 is 0. The quantitative estimate of drug-likeness (QED) is 0.756. The van der Waals surface area contributed by atoms with Gasteiger partial charge in [0.2, 0.25) is 5.91 Å². The number of carbonyl (C=O) groups excluding carboxylic acids is 1. The molecular formula is C17H30N2O. The van der Waals surface area contributed by atoms with Crippen molar-refractivity contribution in [1.29, 1.82) is 0 Å². The van der Waals surface area contributed by atoms with Gasteiger partial charge >= 0.3 is 0 Å². The van der Waals surface area contributed by atoms with Gasteiger partial charge in [-0.2, -0.15) is 0 Å². The van der Waals surface area contributed by atoms with Gasteiger partial charge in [-0.15, -0.1) is 0 Å². The first kappa shape index (κ1) is 15.6. The number of nitrogens with zero attached hydrogens (tertiary/aromatic N) is 1. The molecule has 1 atom stereocenters. The number of rotatable bonds is 6. The molecule has 3 nitrogen and oxygen atoms in total. The fourth-order valence-electron chi connectivity index (χ4n) is 3.30. The van der Waals surface area contributed by atoms with Gasteiger partial charge in [-0.05, 0) is 51.5 Å². The van der Waals surface area contributed by atoms with Crippen LogP contribution in [0.3, 0.4) is 0 Å². The van der Waals surface area contributed by atoms with Gasteiger partial charge in [-0.25, -0.2) is 0 Å². The van der Waals surface area contributed by atoms with Crippen LogP contribution < -0.4 is 5.32 Å². The van der Waals surface area contributed by atoms with Crippen molar-refractivity contribution in [3.05, 3.63) is 11.6 Å². The predicted octanol–water partition coefficient (Wildman–Crippen LogP) is 3.26. The topological polar surface area (TPSA) is 32.3 Å². The van der Waals surface area contributed by atoms with E-state index in [1.165, 1.54) is 44.1 Å². The summed E-state index contributed by atoms with van der Waals surface area (Å²) in [4.78, 5) is 14.6. The summed E-state index contributed by atoms with van der Waals surface area (Å²) in [7, 11) is 0. The van der Waals surface area contributed by atoms with Gasteiger partial charge in [0.25, 0.3) is 0 Å². The molecule has 0 aromatic rings. The summed E-state index contributed by atoms with van der Waals surface area (Å²) >= 11 is 0. The summed E-state index contributed by atoms with van der Waals surface area (Å²) in [5.41, 5.74) is 1.37. The second-order valence-corrected chi connectivity index (χ2v) is 6.27. The molecule has 0 saturated carbocycles. The summed E-state index contributed by atoms with van der Waals surface area (Å²) in [6, 6.07) is 0.514. The maximum atomic E-state index is 12.5. The van der Waals surface area contributed by atoms with Crippen LogP contribution in [0.15, 0.2) is 11.6 Å². The van der Waals surface area contributed by atoms with Crippen molar-refractivity contribution < 1.29 is 4.79 Å². The predicted molar refractivity (Wildman–Crippen MR) is 83.7 cm³/mol. The molecule has 1 unspecified atom stereocenters. The number of hydrogen-bond donors (Lipinski definition) is 1. The molecule has 1 heterocycles. The molecule has 1 saturated heterocycles. The lowest BCUT2D eigenvalue weighted by Gasteiger charge is -2.31. The van der Waals surface area contributed by atoms with Gasteiger partial charge in [0.15, 0.2) is 0 Å². The van der Waals surface area contributed by atoms with Gasteiger partial charge < -0.3 is 10.2 Å². The zero-order valence-electron chi connectivity index (χ0n) is 13.0. The molecule has 3 heteroatoms. The Morgan fingerprint density at radius 3 is 2.90 bits per heavy atom. The molecule has 114 valence electrons. The van der Waals surface area contributed by atoms with Crippen molar-refractivity contribution in [2.45, 2.75) is 70.8 Å². The smallest absolute Gasteiger partial charge is 0.226 e. The van der Waals surface area contributed by atoms with Gasteiger partial charge in [-0.3, -0.25) is 4.79 Å². The van der Waals surface area contributed by atoms with Crippen molar-refractivity contribution in [3.63, 3.8) is 0 Å². The average molecular weight is 278 g/mol. The SMILES string of the molecule is CCCN(CC1CCCCN1)C(=O)CC1=CCCCC1. The van der Waals surface area contributed by atoms with E-state index in [9.17, 15) is 4.79 Å². The van der Waals surface area contributed by atoms with Crippen molar-refractivity contribution in [2.24, 2.45) is 0 Å². The van der Waals surface area contributed by atoms with E-state index in [2.05, 4.69) is 23.2 Å². The second-order valence-electron chi connectivity index (χ2n) is 6.27. The van der Waals surface area contributed by atoms with E-state index in [0.717, 1.165) is 32.5 Å². The molecule has 1 amide bonds. The van der Waals surface area contributed by atoms with Gasteiger partial charge in [-0.1, -0.05) is 25.0 Å². The highest BCUT2D eigenvalue weighted by Gasteiger charge is 2.20. The van der Waals surface area contributed by atoms with Gasteiger partial charge in [0, 0.05) is 25.6 Å². The maximum absolute atomic E-state index is 12.5. The highest BCUT2D eigenvalue weighted by Crippen LogP contribution is 2.21. The standard InChI is InChI=1S/C17H30N2O/c1-2-12-19(14-16-10-6-7-11-18-16)17(20)13-15-8-4-3-5-9-15/h8,16,18H,2-7,9-14H2,1H3. The minimum absolute atomic E-state index is 0.340. The second kappa shape index (κ2) is 8.46. The number of nitrogens with one attached hydrogen (secondary N) is 1. The largest absolute Gasteiger partial charge is 0.341 e. The van der Waals surface area contributed by atoms with Crippen LogP contribution in [0, 0.1) is 0 Å². The molecule has 2 rings (SSSR count). The number of hydrogen-bond acceptors (Lipinski definition) is 2. The van der Waals surface area contributed by atoms with Crippen molar-refractivity contribution in [3.8, 4) is 0 Å². The van der Waals surface area contributed by atoms with Crippen molar-refractivity contribution >= 4 is 5.91 Å². The fraction of sp³-hybridized carbons (Fsp3) is 0.824. The molecule has 0 bridgehead atoms. The molecule has 1 aliphatic heterocycles. The van der Waals surface area contributed by atoms with E-state index < -0.39 is 0 Å². The Labute approximate surface area is 123 Å². The lowest BCUT2D eigenvalue weighted by atomic mass is 9.96. The third-order valence-corrected chi connectivity index (χ3v) is 4.46. The third-order valence-electron chi connectivity index (χ3n) is 4.46. The highest BCUT2D eigenvalue weighted by molar-refractivity contribution is 5.78. The molecule has 20 heavy (non-hydrogen) atoms. The molecule has 0 spiro atoms. The fourth-order valence-corrected chi connectivity index (χ4v) is 3.30. The van der Waals surface area contributed by atoms with Crippen molar-refractivity contribution in [1.82, 2.24) is 10.2 Å². The number of piperidine rings is 1. The van der Waals surface area contributed by atoms with Crippen LogP contribution in [-0.2, 0) is 4.79 Å². The molecule has 0 radical (unpaired) electrons. The lowest BCUT2D eigenvalue weighted by molar-refractivity contribution is -0.131. The minimum atomic E-state index is 0.340. The molecule has 2 aliphatic rings. The molecule has 1 fully saturated rings. The Bertz CT molecular complexity index is 332. The Morgan fingerprint density at radius 2 is 2.25 bits per heavy atom. The zero-order chi connectivity index (χ0) is 14.2. The number of carbonyl (C=O) groups is 1. The Hall–Kier alpha value is -0.830. The van der Waals surface area contributed by atoms with Crippen LogP contribution in [0.5, 0.6) is 0 Å². The Kier molecular flexibility index (Phi) is 6.58. The van der Waals surface area contributed by atoms with Gasteiger partial charge in [0.05, 0.1) is 0 Å². The first-order valence-electron chi connectivity index (χ1n) is 8.48. The van der Waals surface area contributed by atoms with E-state index in [1.807, 2.05) is 0 Å². The summed E-state index contributed by atoms with van der Waals surface area (Å²) in [5.74, 6) is 0.340. The molecule has 1 N–H and O–H groups in total. The van der Waals surface area contributed by atoms with Crippen LogP contribution in [-0.4, -0.2) is 36.5 Å². The van der Waals surface area contributed by atoms with Gasteiger partial charge in [0.1, 0.15) is 0 Å². The summed E-state index contributed by atoms with van der Waals surface area (Å²) in [6.07, 6.45) is 12.7. The molecular weight excluding hydrogens is 248 g/mol. The number of allylic oxidation sites excluding steroid dienone is 1. The van der Waals surface area contributed by atoms with Crippen LogP contribution in [0.2, 0.25) is 0 Å². The molecule has 0 aromatic carbocycles. The monoisotopic (exact) mass is 278 g/mol. The minimum Gasteiger partial charge on any atom is -0.341 e. The van der Waals surface area contributed by atoms with E-state index in [0.29, 0.717) is 18.4 Å². The summed E-state index contributed by atoms with van der Waals surface area (Å²) in [5, 5.41) is 3.56. The van der Waals surface area contributed by atoms with Crippen LogP contribution >= 0.6 is 0 Å². The first-order chi connectivity index (χ1) is 9.79. The normalized spacial score (nSPS) is 23.2. The Morgan fingerprint density at radius 1 is 1.35 bits per heavy atom. The third kappa shape index (κ3) is 4.93. The molecule has 0 aromatic heterocycles.